The van der Waals surface area contributed by atoms with Crippen molar-refractivity contribution in [1.29, 1.82) is 0 Å². The summed E-state index contributed by atoms with van der Waals surface area (Å²) in [6.07, 6.45) is -1.25. The lowest BCUT2D eigenvalue weighted by molar-refractivity contribution is -0.209. The van der Waals surface area contributed by atoms with E-state index in [4.69, 9.17) is 9.47 Å². The second kappa shape index (κ2) is 7.81. The van der Waals surface area contributed by atoms with Crippen LogP contribution in [-0.2, 0) is 14.3 Å². The van der Waals surface area contributed by atoms with Crippen molar-refractivity contribution in [2.75, 3.05) is 6.61 Å². The van der Waals surface area contributed by atoms with Gasteiger partial charge in [-0.3, -0.25) is 14.5 Å². The minimum atomic E-state index is -0.728. The number of carbonyl (C=O) groups excluding carboxylic acids is 2. The molecule has 0 radical (unpaired) electrons. The molecule has 26 heavy (non-hydrogen) atoms. The molecule has 136 valence electrons. The summed E-state index contributed by atoms with van der Waals surface area (Å²) < 4.78 is 11.2. The summed E-state index contributed by atoms with van der Waals surface area (Å²) in [4.78, 5) is 26.9. The molecule has 3 rings (SSSR count). The summed E-state index contributed by atoms with van der Waals surface area (Å²) in [6, 6.07) is 16.2. The van der Waals surface area contributed by atoms with Crippen LogP contribution >= 0.6 is 0 Å². The van der Waals surface area contributed by atoms with E-state index in [1.165, 1.54) is 4.90 Å². The van der Waals surface area contributed by atoms with Gasteiger partial charge in [-0.15, -0.1) is 0 Å². The quantitative estimate of drug-likeness (QED) is 0.453. The molecule has 2 aromatic carbocycles. The predicted octanol–water partition coefficient (Wildman–Crippen LogP) is 3.49. The van der Waals surface area contributed by atoms with Gasteiger partial charge in [-0.1, -0.05) is 48.0 Å². The minimum absolute atomic E-state index is 0.312. The highest BCUT2D eigenvalue weighted by Gasteiger charge is 2.53. The molecule has 0 N–H and O–H groups in total. The highest BCUT2D eigenvalue weighted by molar-refractivity contribution is 6.10. The molecule has 5 nitrogen and oxygen atoms in total. The van der Waals surface area contributed by atoms with E-state index in [1.54, 1.807) is 19.1 Å². The molecule has 3 atom stereocenters. The Hall–Kier alpha value is -2.50. The Kier molecular flexibility index (Phi) is 5.49. The lowest BCUT2D eigenvalue weighted by Crippen LogP contribution is -2.62. The highest BCUT2D eigenvalue weighted by atomic mass is 16.7. The largest absolute Gasteiger partial charge is 0.353 e. The molecule has 1 aliphatic rings. The molecule has 0 bridgehead atoms. The van der Waals surface area contributed by atoms with E-state index < -0.39 is 18.4 Å². The zero-order valence-electron chi connectivity index (χ0n) is 15.2. The van der Waals surface area contributed by atoms with Crippen LogP contribution in [0.25, 0.3) is 0 Å². The monoisotopic (exact) mass is 353 g/mol. The van der Waals surface area contributed by atoms with Crippen molar-refractivity contribution in [2.45, 2.75) is 39.2 Å². The zero-order valence-corrected chi connectivity index (χ0v) is 15.2. The number of aryl methyl sites for hydroxylation is 1. The summed E-state index contributed by atoms with van der Waals surface area (Å²) in [5.74, 6) is -0.649. The molecule has 1 saturated heterocycles. The zero-order chi connectivity index (χ0) is 18.7. The van der Waals surface area contributed by atoms with Crippen molar-refractivity contribution >= 4 is 11.8 Å². The number of rotatable bonds is 6. The topological polar surface area (TPSA) is 55.8 Å². The molecule has 0 aromatic heterocycles. The number of imide groups is 1. The second-order valence-electron chi connectivity index (χ2n) is 6.31. The molecule has 1 fully saturated rings. The molecule has 5 heteroatoms. The maximum atomic E-state index is 12.9. The fourth-order valence-corrected chi connectivity index (χ4v) is 3.11. The second-order valence-corrected chi connectivity index (χ2v) is 6.31. The van der Waals surface area contributed by atoms with Crippen molar-refractivity contribution in [3.05, 3.63) is 71.3 Å². The Balaban J connectivity index is 1.87. The van der Waals surface area contributed by atoms with Crippen molar-refractivity contribution in [2.24, 2.45) is 0 Å². The number of hydrogen-bond acceptors (Lipinski definition) is 4. The van der Waals surface area contributed by atoms with Crippen molar-refractivity contribution in [3.8, 4) is 0 Å². The summed E-state index contributed by atoms with van der Waals surface area (Å²) in [5.41, 5.74) is 2.41. The van der Waals surface area contributed by atoms with E-state index >= 15 is 0 Å². The van der Waals surface area contributed by atoms with Crippen molar-refractivity contribution in [3.63, 3.8) is 0 Å². The van der Waals surface area contributed by atoms with Gasteiger partial charge in [0.15, 0.2) is 12.4 Å². The molecular weight excluding hydrogens is 330 g/mol. The van der Waals surface area contributed by atoms with Crippen LogP contribution in [0.3, 0.4) is 0 Å². The average Bonchev–Trinajstić information content (AvgIpc) is 2.65. The summed E-state index contributed by atoms with van der Waals surface area (Å²) >= 11 is 0. The molecule has 1 heterocycles. The van der Waals surface area contributed by atoms with Gasteiger partial charge in [0.1, 0.15) is 6.04 Å². The number of ether oxygens (including phenoxy) is 2. The van der Waals surface area contributed by atoms with Crippen molar-refractivity contribution in [1.82, 2.24) is 4.90 Å². The van der Waals surface area contributed by atoms with Gasteiger partial charge in [0.2, 0.25) is 0 Å². The molecule has 0 spiro atoms. The van der Waals surface area contributed by atoms with Crippen molar-refractivity contribution < 1.29 is 19.1 Å². The van der Waals surface area contributed by atoms with Gasteiger partial charge in [0, 0.05) is 12.2 Å². The Morgan fingerprint density at radius 1 is 1.12 bits per heavy atom. The summed E-state index contributed by atoms with van der Waals surface area (Å²) in [5, 5.41) is 0. The van der Waals surface area contributed by atoms with Crippen LogP contribution in [0, 0.1) is 6.92 Å². The maximum Gasteiger partial charge on any atom is 0.261 e. The Morgan fingerprint density at radius 2 is 1.77 bits per heavy atom. The number of likely N-dealkylation sites (tertiary alicyclic amines) is 1. The van der Waals surface area contributed by atoms with E-state index in [2.05, 4.69) is 0 Å². The molecule has 2 aromatic rings. The summed E-state index contributed by atoms with van der Waals surface area (Å²) in [7, 11) is 0. The third-order valence-corrected chi connectivity index (χ3v) is 4.44. The van der Waals surface area contributed by atoms with Crippen LogP contribution in [0.1, 0.15) is 41.4 Å². The number of hydrogen-bond donors (Lipinski definition) is 0. The van der Waals surface area contributed by atoms with Crippen LogP contribution in [0.15, 0.2) is 54.6 Å². The van der Waals surface area contributed by atoms with Gasteiger partial charge < -0.3 is 9.47 Å². The predicted molar refractivity (Wildman–Crippen MR) is 97.5 cm³/mol. The average molecular weight is 353 g/mol. The van der Waals surface area contributed by atoms with E-state index in [-0.39, 0.29) is 11.8 Å². The van der Waals surface area contributed by atoms with Gasteiger partial charge in [-0.05, 0) is 38.5 Å². The number of β-lactam (4-membered cyclic amide) rings is 1. The van der Waals surface area contributed by atoms with Crippen LogP contribution < -0.4 is 0 Å². The Labute approximate surface area is 153 Å². The highest BCUT2D eigenvalue weighted by Crippen LogP contribution is 2.38. The maximum absolute atomic E-state index is 12.9. The minimum Gasteiger partial charge on any atom is -0.353 e. The van der Waals surface area contributed by atoms with Gasteiger partial charge >= 0.3 is 0 Å². The first-order chi connectivity index (χ1) is 12.5. The Morgan fingerprint density at radius 3 is 2.38 bits per heavy atom. The van der Waals surface area contributed by atoms with Crippen LogP contribution in [-0.4, -0.2) is 35.7 Å². The van der Waals surface area contributed by atoms with Crippen LogP contribution in [0.4, 0.5) is 0 Å². The molecule has 0 aliphatic carbocycles. The van der Waals surface area contributed by atoms with Gasteiger partial charge in [-0.25, -0.2) is 0 Å². The number of nitrogens with zero attached hydrogens (tertiary/aromatic N) is 1. The molecule has 1 aliphatic heterocycles. The first kappa shape index (κ1) is 18.3. The number of benzene rings is 2. The molecule has 2 amide bonds. The van der Waals surface area contributed by atoms with Gasteiger partial charge in [0.05, 0.1) is 0 Å². The SMILES string of the molecule is CCOC(C)OC1C(=O)N(C(=O)c2ccc(C)cc2)C1c1ccccc1. The van der Waals surface area contributed by atoms with Gasteiger partial charge in [-0.2, -0.15) is 0 Å². The van der Waals surface area contributed by atoms with Gasteiger partial charge in [0.25, 0.3) is 11.8 Å². The van der Waals surface area contributed by atoms with Crippen LogP contribution in [0.2, 0.25) is 0 Å². The molecular formula is C21H23NO4. The molecule has 3 unspecified atom stereocenters. The van der Waals surface area contributed by atoms with E-state index in [1.807, 2.05) is 56.3 Å². The fourth-order valence-electron chi connectivity index (χ4n) is 3.11. The lowest BCUT2D eigenvalue weighted by atomic mass is 9.89. The fraction of sp³-hybridized carbons (Fsp3) is 0.333. The third kappa shape index (κ3) is 3.54. The Bertz CT molecular complexity index is 772. The smallest absolute Gasteiger partial charge is 0.261 e. The standard InChI is InChI=1S/C21H23NO4/c1-4-25-15(3)26-19-18(16-8-6-5-7-9-16)22(21(19)24)20(23)17-12-10-14(2)11-13-17/h5-13,15,18-19H,4H2,1-3H3. The first-order valence-electron chi connectivity index (χ1n) is 8.79. The number of amides is 2. The summed E-state index contributed by atoms with van der Waals surface area (Å²) in [6.45, 7) is 6.06. The van der Waals surface area contributed by atoms with Crippen LogP contribution in [0.5, 0.6) is 0 Å². The normalized spacial score (nSPS) is 20.6. The number of carbonyl (C=O) groups is 2. The van der Waals surface area contributed by atoms with E-state index in [9.17, 15) is 9.59 Å². The third-order valence-electron chi connectivity index (χ3n) is 4.44. The van der Waals surface area contributed by atoms with E-state index in [0.29, 0.717) is 12.2 Å². The molecule has 0 saturated carbocycles. The van der Waals surface area contributed by atoms with E-state index in [0.717, 1.165) is 11.1 Å². The lowest BCUT2D eigenvalue weighted by Gasteiger charge is -2.46. The first-order valence-corrected chi connectivity index (χ1v) is 8.79.